The summed E-state index contributed by atoms with van der Waals surface area (Å²) >= 11 is 0. The second kappa shape index (κ2) is 10.9. The highest BCUT2D eigenvalue weighted by atomic mass is 19.1. The Morgan fingerprint density at radius 2 is 1.87 bits per heavy atom. The highest BCUT2D eigenvalue weighted by Gasteiger charge is 2.33. The lowest BCUT2D eigenvalue weighted by Crippen LogP contribution is -2.25. The van der Waals surface area contributed by atoms with Crippen LogP contribution >= 0.6 is 0 Å². The van der Waals surface area contributed by atoms with Gasteiger partial charge in [0.1, 0.15) is 16.9 Å². The van der Waals surface area contributed by atoms with Gasteiger partial charge >= 0.3 is 5.97 Å². The summed E-state index contributed by atoms with van der Waals surface area (Å²) < 4.78 is 38.5. The van der Waals surface area contributed by atoms with Crippen molar-refractivity contribution < 1.29 is 28.2 Å². The third-order valence-electron chi connectivity index (χ3n) is 8.65. The molecule has 0 saturated heterocycles. The highest BCUT2D eigenvalue weighted by Crippen LogP contribution is 2.49. The van der Waals surface area contributed by atoms with Crippen LogP contribution < -0.4 is 9.47 Å². The SMILES string of the molecule is Cc1nc2c(cc(-c3nnc(-c4ccc5c(cnn5C)c4)o3)n2C)c(-c2c(C)c3c(c(F)c2OC(C)(C)C)OCCC3)c1CC(=O)O. The summed E-state index contributed by atoms with van der Waals surface area (Å²) in [5.41, 5.74) is 5.60. The van der Waals surface area contributed by atoms with Crippen molar-refractivity contribution in [2.75, 3.05) is 6.61 Å². The molecule has 4 aromatic heterocycles. The monoisotopic (exact) mass is 638 g/mol. The predicted octanol–water partition coefficient (Wildman–Crippen LogP) is 6.73. The van der Waals surface area contributed by atoms with Crippen LogP contribution in [-0.2, 0) is 31.7 Å². The Balaban J connectivity index is 1.48. The molecule has 0 fully saturated rings. The van der Waals surface area contributed by atoms with Crippen LogP contribution in [0.25, 0.3) is 56.1 Å². The Morgan fingerprint density at radius 3 is 2.62 bits per heavy atom. The number of carboxylic acids is 1. The molecule has 11 nitrogen and oxygen atoms in total. The molecule has 0 spiro atoms. The molecular weight excluding hydrogens is 603 g/mol. The molecule has 0 saturated carbocycles. The molecule has 7 rings (SSSR count). The molecule has 6 aromatic rings. The van der Waals surface area contributed by atoms with E-state index < -0.39 is 17.4 Å². The van der Waals surface area contributed by atoms with Crippen LogP contribution in [0.2, 0.25) is 0 Å². The lowest BCUT2D eigenvalue weighted by molar-refractivity contribution is -0.136. The number of pyridine rings is 1. The number of hydrogen-bond acceptors (Lipinski definition) is 8. The van der Waals surface area contributed by atoms with E-state index in [1.54, 1.807) is 17.8 Å². The number of rotatable bonds is 6. The van der Waals surface area contributed by atoms with Crippen molar-refractivity contribution in [1.82, 2.24) is 29.5 Å². The number of carboxylic acid groups (broad SMARTS) is 1. The molecule has 0 amide bonds. The normalized spacial score (nSPS) is 13.3. The number of hydrogen-bond donors (Lipinski definition) is 1. The average molecular weight is 639 g/mol. The minimum absolute atomic E-state index is 0.0189. The predicted molar refractivity (Wildman–Crippen MR) is 174 cm³/mol. The van der Waals surface area contributed by atoms with Crippen LogP contribution in [0.1, 0.15) is 49.6 Å². The maximum Gasteiger partial charge on any atom is 0.307 e. The second-order valence-corrected chi connectivity index (χ2v) is 13.0. The van der Waals surface area contributed by atoms with Crippen molar-refractivity contribution in [2.45, 2.75) is 59.5 Å². The van der Waals surface area contributed by atoms with E-state index in [-0.39, 0.29) is 23.8 Å². The quantitative estimate of drug-likeness (QED) is 0.211. The molecule has 12 heteroatoms. The summed E-state index contributed by atoms with van der Waals surface area (Å²) in [6.07, 6.45) is 2.82. The molecule has 1 aliphatic heterocycles. The van der Waals surface area contributed by atoms with Gasteiger partial charge in [0.15, 0.2) is 11.5 Å². The number of carbonyl (C=O) groups is 1. The molecule has 2 aromatic carbocycles. The van der Waals surface area contributed by atoms with Crippen molar-refractivity contribution in [1.29, 1.82) is 0 Å². The van der Waals surface area contributed by atoms with E-state index >= 15 is 4.39 Å². The number of aryl methyl sites for hydroxylation is 3. The minimum atomic E-state index is -1.03. The number of ether oxygens (including phenoxy) is 2. The number of fused-ring (bicyclic) bond motifs is 3. The van der Waals surface area contributed by atoms with Gasteiger partial charge in [-0.2, -0.15) is 9.49 Å². The Labute approximate surface area is 270 Å². The van der Waals surface area contributed by atoms with Crippen molar-refractivity contribution in [3.8, 4) is 45.7 Å². The first-order valence-corrected chi connectivity index (χ1v) is 15.5. The third-order valence-corrected chi connectivity index (χ3v) is 8.65. The first-order valence-electron chi connectivity index (χ1n) is 15.5. The lowest BCUT2D eigenvalue weighted by Gasteiger charge is -2.30. The lowest BCUT2D eigenvalue weighted by atomic mass is 9.86. The molecule has 0 unspecified atom stereocenters. The van der Waals surface area contributed by atoms with Gasteiger partial charge < -0.3 is 23.6 Å². The number of aliphatic carboxylic acids is 1. The van der Waals surface area contributed by atoms with Gasteiger partial charge in [0.25, 0.3) is 5.89 Å². The summed E-state index contributed by atoms with van der Waals surface area (Å²) in [5, 5.41) is 24.6. The van der Waals surface area contributed by atoms with Gasteiger partial charge in [-0.05, 0) is 82.9 Å². The summed E-state index contributed by atoms with van der Waals surface area (Å²) in [6, 6.07) is 7.63. The standard InChI is InChI=1S/C35H35FN6O5/c1-17-21-9-8-12-45-30(21)29(36)31(47-35(3,4)5)27(17)28-22(15-26(43)44)18(2)38-32-23(28)14-25(41(32)6)34-40-39-33(46-34)19-10-11-24-20(13-19)16-37-42(24)7/h10-11,13-14,16H,8-9,12,15H2,1-7H3,(H,43,44). The van der Waals surface area contributed by atoms with Gasteiger partial charge in [0, 0.05) is 52.8 Å². The van der Waals surface area contributed by atoms with Gasteiger partial charge in [0.05, 0.1) is 24.7 Å². The van der Waals surface area contributed by atoms with Crippen molar-refractivity contribution >= 4 is 27.9 Å². The first-order chi connectivity index (χ1) is 22.3. The molecule has 0 radical (unpaired) electrons. The Kier molecular flexibility index (Phi) is 7.07. The topological polar surface area (TPSA) is 130 Å². The largest absolute Gasteiger partial charge is 0.490 e. The number of halogens is 1. The van der Waals surface area contributed by atoms with Gasteiger partial charge in [-0.15, -0.1) is 10.2 Å². The average Bonchev–Trinajstić information content (AvgIpc) is 3.74. The van der Waals surface area contributed by atoms with Crippen molar-refractivity contribution in [2.24, 2.45) is 14.1 Å². The van der Waals surface area contributed by atoms with Crippen molar-refractivity contribution in [3.63, 3.8) is 0 Å². The van der Waals surface area contributed by atoms with Gasteiger partial charge in [-0.3, -0.25) is 9.48 Å². The van der Waals surface area contributed by atoms with E-state index in [1.807, 2.05) is 70.6 Å². The molecule has 242 valence electrons. The second-order valence-electron chi connectivity index (χ2n) is 13.0. The van der Waals surface area contributed by atoms with E-state index in [1.165, 1.54) is 0 Å². The zero-order valence-corrected chi connectivity index (χ0v) is 27.4. The third kappa shape index (κ3) is 5.08. The summed E-state index contributed by atoms with van der Waals surface area (Å²) in [6.45, 7) is 9.62. The molecule has 0 aliphatic carbocycles. The Morgan fingerprint density at radius 1 is 1.11 bits per heavy atom. The van der Waals surface area contributed by atoms with Crippen LogP contribution in [0.15, 0.2) is 34.9 Å². The van der Waals surface area contributed by atoms with E-state index in [2.05, 4.69) is 15.3 Å². The molecule has 1 aliphatic rings. The van der Waals surface area contributed by atoms with E-state index in [0.717, 1.165) is 34.0 Å². The number of aromatic nitrogens is 6. The van der Waals surface area contributed by atoms with E-state index in [0.29, 0.717) is 58.0 Å². The molecule has 1 N–H and O–H groups in total. The van der Waals surface area contributed by atoms with Crippen LogP contribution in [-0.4, -0.2) is 52.8 Å². The van der Waals surface area contributed by atoms with Crippen LogP contribution in [0.4, 0.5) is 4.39 Å². The smallest absolute Gasteiger partial charge is 0.307 e. The fraction of sp³-hybridized carbons (Fsp3) is 0.343. The first kappa shape index (κ1) is 30.4. The number of nitrogens with zero attached hydrogens (tertiary/aromatic N) is 6. The summed E-state index contributed by atoms with van der Waals surface area (Å²) in [7, 11) is 3.71. The van der Waals surface area contributed by atoms with E-state index in [4.69, 9.17) is 18.9 Å². The molecule has 0 atom stereocenters. The minimum Gasteiger partial charge on any atom is -0.490 e. The summed E-state index contributed by atoms with van der Waals surface area (Å²) in [4.78, 5) is 17.1. The molecular formula is C35H35FN6O5. The molecule has 0 bridgehead atoms. The zero-order chi connectivity index (χ0) is 33.4. The van der Waals surface area contributed by atoms with Crippen LogP contribution in [0.5, 0.6) is 11.5 Å². The fourth-order valence-electron chi connectivity index (χ4n) is 6.49. The molecule has 5 heterocycles. The van der Waals surface area contributed by atoms with Gasteiger partial charge in [-0.1, -0.05) is 0 Å². The zero-order valence-electron chi connectivity index (χ0n) is 27.4. The Hall–Kier alpha value is -5.26. The fourth-order valence-corrected chi connectivity index (χ4v) is 6.49. The Bertz CT molecular complexity index is 2240. The van der Waals surface area contributed by atoms with E-state index in [9.17, 15) is 9.90 Å². The maximum atomic E-state index is 16.5. The van der Waals surface area contributed by atoms with Crippen LogP contribution in [0, 0.1) is 19.7 Å². The number of benzene rings is 2. The summed E-state index contributed by atoms with van der Waals surface area (Å²) in [5.74, 6) is -0.831. The maximum absolute atomic E-state index is 16.5. The van der Waals surface area contributed by atoms with Crippen molar-refractivity contribution in [3.05, 3.63) is 58.7 Å². The van der Waals surface area contributed by atoms with Gasteiger partial charge in [0.2, 0.25) is 11.7 Å². The van der Waals surface area contributed by atoms with Gasteiger partial charge in [-0.25, -0.2) is 4.98 Å². The van der Waals surface area contributed by atoms with Crippen LogP contribution in [0.3, 0.4) is 0 Å². The highest BCUT2D eigenvalue weighted by molar-refractivity contribution is 6.02. The molecule has 47 heavy (non-hydrogen) atoms.